The predicted octanol–water partition coefficient (Wildman–Crippen LogP) is 5.55. The maximum Gasteiger partial charge on any atom is 0.0722 e. The first-order valence-corrected chi connectivity index (χ1v) is 7.51. The Morgan fingerprint density at radius 2 is 1.23 bits per heavy atom. The van der Waals surface area contributed by atoms with Gasteiger partial charge in [0.1, 0.15) is 0 Å². The Labute approximate surface area is 128 Å². The zero-order valence-corrected chi connectivity index (χ0v) is 12.0. The molecule has 1 aromatic heterocycles. The van der Waals surface area contributed by atoms with Crippen LogP contribution in [0.2, 0.25) is 0 Å². The van der Waals surface area contributed by atoms with Crippen molar-refractivity contribution in [2.45, 2.75) is 0 Å². The molecule has 0 aliphatic heterocycles. The van der Waals surface area contributed by atoms with Crippen LogP contribution in [0.5, 0.6) is 0 Å². The summed E-state index contributed by atoms with van der Waals surface area (Å²) in [5.74, 6) is 0. The number of benzene rings is 3. The van der Waals surface area contributed by atoms with Crippen molar-refractivity contribution < 1.29 is 0 Å². The van der Waals surface area contributed by atoms with Gasteiger partial charge in [-0.1, -0.05) is 66.7 Å². The average molecular weight is 279 g/mol. The minimum atomic E-state index is 1.04. The van der Waals surface area contributed by atoms with Crippen LogP contribution in [0, 0.1) is 0 Å². The van der Waals surface area contributed by atoms with Gasteiger partial charge in [0, 0.05) is 10.9 Å². The molecule has 0 saturated heterocycles. The Morgan fingerprint density at radius 1 is 0.545 bits per heavy atom. The summed E-state index contributed by atoms with van der Waals surface area (Å²) in [6.07, 6.45) is 0. The first kappa shape index (κ1) is 11.7. The molecule has 0 N–H and O–H groups in total. The molecule has 5 rings (SSSR count). The molecule has 0 fully saturated rings. The van der Waals surface area contributed by atoms with Crippen molar-refractivity contribution in [2.75, 3.05) is 0 Å². The van der Waals surface area contributed by atoms with Gasteiger partial charge in [0.25, 0.3) is 0 Å². The summed E-state index contributed by atoms with van der Waals surface area (Å²) in [5, 5.41) is 1.28. The van der Waals surface area contributed by atoms with Crippen molar-refractivity contribution in [3.8, 4) is 33.5 Å². The van der Waals surface area contributed by atoms with Gasteiger partial charge in [0.2, 0.25) is 0 Å². The van der Waals surface area contributed by atoms with Gasteiger partial charge in [0.05, 0.1) is 11.2 Å². The Kier molecular flexibility index (Phi) is 2.28. The highest BCUT2D eigenvalue weighted by molar-refractivity contribution is 6.14. The maximum absolute atomic E-state index is 4.89. The maximum atomic E-state index is 4.89. The Morgan fingerprint density at radius 3 is 2.05 bits per heavy atom. The largest absolute Gasteiger partial charge is 0.248 e. The van der Waals surface area contributed by atoms with Gasteiger partial charge < -0.3 is 0 Å². The third-order valence-corrected chi connectivity index (χ3v) is 4.41. The predicted molar refractivity (Wildman–Crippen MR) is 91.6 cm³/mol. The molecular formula is C21H13N. The van der Waals surface area contributed by atoms with Crippen LogP contribution in [0.1, 0.15) is 0 Å². The van der Waals surface area contributed by atoms with Gasteiger partial charge in [-0.3, -0.25) is 0 Å². The summed E-state index contributed by atoms with van der Waals surface area (Å²) in [6.45, 7) is 0. The number of nitrogens with zero attached hydrogens (tertiary/aromatic N) is 1. The van der Waals surface area contributed by atoms with Crippen LogP contribution >= 0.6 is 0 Å². The number of pyridine rings is 1. The van der Waals surface area contributed by atoms with E-state index < -0.39 is 0 Å². The normalized spacial score (nSPS) is 11.6. The zero-order chi connectivity index (χ0) is 14.5. The van der Waals surface area contributed by atoms with Gasteiger partial charge in [-0.2, -0.15) is 0 Å². The summed E-state index contributed by atoms with van der Waals surface area (Å²) in [4.78, 5) is 4.89. The second-order valence-electron chi connectivity index (χ2n) is 5.67. The van der Waals surface area contributed by atoms with E-state index in [2.05, 4.69) is 72.8 Å². The molecule has 1 nitrogen and oxygen atoms in total. The molecule has 3 aromatic carbocycles. The lowest BCUT2D eigenvalue weighted by atomic mass is 10.0. The molecular weight excluding hydrogens is 266 g/mol. The smallest absolute Gasteiger partial charge is 0.0722 e. The van der Waals surface area contributed by atoms with Crippen molar-refractivity contribution in [1.29, 1.82) is 0 Å². The molecule has 0 amide bonds. The van der Waals surface area contributed by atoms with E-state index in [1.54, 1.807) is 0 Å². The summed E-state index contributed by atoms with van der Waals surface area (Å²) >= 11 is 0. The number of rotatable bonds is 1. The highest BCUT2D eigenvalue weighted by Gasteiger charge is 2.22. The average Bonchev–Trinajstić information content (AvgIpc) is 2.92. The minimum Gasteiger partial charge on any atom is -0.248 e. The lowest BCUT2D eigenvalue weighted by Crippen LogP contribution is -1.87. The molecule has 0 spiro atoms. The second-order valence-corrected chi connectivity index (χ2v) is 5.67. The number of hydrogen-bond donors (Lipinski definition) is 0. The summed E-state index contributed by atoms with van der Waals surface area (Å²) < 4.78 is 0. The zero-order valence-electron chi connectivity index (χ0n) is 12.0. The van der Waals surface area contributed by atoms with E-state index in [0.717, 1.165) is 16.8 Å². The lowest BCUT2D eigenvalue weighted by Gasteiger charge is -2.06. The molecule has 0 atom stereocenters. The molecule has 0 unspecified atom stereocenters. The second kappa shape index (κ2) is 4.28. The molecule has 1 aliphatic carbocycles. The SMILES string of the molecule is c1ccc(-c2cc3c4c(cccc4n2)-c2ccccc2-3)cc1. The van der Waals surface area contributed by atoms with E-state index in [9.17, 15) is 0 Å². The van der Waals surface area contributed by atoms with Crippen LogP contribution < -0.4 is 0 Å². The Bertz CT molecular complexity index is 1020. The van der Waals surface area contributed by atoms with E-state index >= 15 is 0 Å². The summed E-state index contributed by atoms with van der Waals surface area (Å²) in [7, 11) is 0. The van der Waals surface area contributed by atoms with Crippen LogP contribution in [-0.4, -0.2) is 4.98 Å². The third kappa shape index (κ3) is 1.51. The summed E-state index contributed by atoms with van der Waals surface area (Å²) in [5.41, 5.74) is 8.51. The number of fused-ring (bicyclic) bond motifs is 3. The van der Waals surface area contributed by atoms with Gasteiger partial charge in [0.15, 0.2) is 0 Å². The van der Waals surface area contributed by atoms with E-state index in [1.807, 2.05) is 6.07 Å². The molecule has 4 aromatic rings. The van der Waals surface area contributed by atoms with Crippen molar-refractivity contribution in [3.63, 3.8) is 0 Å². The fourth-order valence-corrected chi connectivity index (χ4v) is 3.43. The van der Waals surface area contributed by atoms with E-state index in [0.29, 0.717) is 0 Å². The first-order valence-electron chi connectivity index (χ1n) is 7.51. The standard InChI is InChI=1S/C21H13N/c1-2-7-14(8-3-1)20-13-18-16-10-5-4-9-15(16)17-11-6-12-19(22-20)21(17)18/h1-13H. The molecule has 102 valence electrons. The fourth-order valence-electron chi connectivity index (χ4n) is 3.43. The van der Waals surface area contributed by atoms with Crippen molar-refractivity contribution in [3.05, 3.63) is 78.9 Å². The third-order valence-electron chi connectivity index (χ3n) is 4.41. The molecule has 22 heavy (non-hydrogen) atoms. The van der Waals surface area contributed by atoms with Gasteiger partial charge >= 0.3 is 0 Å². The van der Waals surface area contributed by atoms with E-state index in [-0.39, 0.29) is 0 Å². The van der Waals surface area contributed by atoms with Crippen molar-refractivity contribution in [1.82, 2.24) is 4.98 Å². The van der Waals surface area contributed by atoms with Crippen LogP contribution in [-0.2, 0) is 0 Å². The topological polar surface area (TPSA) is 12.9 Å². The van der Waals surface area contributed by atoms with Gasteiger partial charge in [-0.05, 0) is 34.4 Å². The Hall–Kier alpha value is -2.93. The molecule has 0 saturated carbocycles. The molecule has 0 bridgehead atoms. The molecule has 1 heteroatoms. The van der Waals surface area contributed by atoms with Crippen molar-refractivity contribution >= 4 is 10.9 Å². The highest BCUT2D eigenvalue weighted by atomic mass is 14.7. The van der Waals surface area contributed by atoms with Crippen molar-refractivity contribution in [2.24, 2.45) is 0 Å². The minimum absolute atomic E-state index is 1.04. The number of aromatic nitrogens is 1. The van der Waals surface area contributed by atoms with Crippen LogP contribution in [0.15, 0.2) is 78.9 Å². The molecule has 1 aliphatic rings. The van der Waals surface area contributed by atoms with Crippen LogP contribution in [0.25, 0.3) is 44.4 Å². The molecule has 0 radical (unpaired) electrons. The highest BCUT2D eigenvalue weighted by Crippen LogP contribution is 2.47. The van der Waals surface area contributed by atoms with Gasteiger partial charge in [-0.15, -0.1) is 0 Å². The monoisotopic (exact) mass is 279 g/mol. The Balaban J connectivity index is 1.90. The van der Waals surface area contributed by atoms with E-state index in [1.165, 1.54) is 27.6 Å². The van der Waals surface area contributed by atoms with Gasteiger partial charge in [-0.25, -0.2) is 4.98 Å². The molecule has 1 heterocycles. The van der Waals surface area contributed by atoms with Crippen LogP contribution in [0.4, 0.5) is 0 Å². The first-order chi connectivity index (χ1) is 10.9. The lowest BCUT2D eigenvalue weighted by molar-refractivity contribution is 1.40. The van der Waals surface area contributed by atoms with E-state index in [4.69, 9.17) is 4.98 Å². The quantitative estimate of drug-likeness (QED) is 0.392. The van der Waals surface area contributed by atoms with Crippen LogP contribution in [0.3, 0.4) is 0 Å². The number of hydrogen-bond acceptors (Lipinski definition) is 1. The fraction of sp³-hybridized carbons (Fsp3) is 0. The summed E-state index contributed by atoms with van der Waals surface area (Å²) in [6, 6.07) is 27.7.